The minimum absolute atomic E-state index is 0.106. The summed E-state index contributed by atoms with van der Waals surface area (Å²) in [5.74, 6) is 0. The predicted molar refractivity (Wildman–Crippen MR) is 31.0 cm³/mol. The Morgan fingerprint density at radius 2 is 2.62 bits per heavy atom. The molecule has 0 amide bonds. The second kappa shape index (κ2) is 5.98. The molecule has 1 aromatic heterocycles. The van der Waals surface area contributed by atoms with Gasteiger partial charge in [0.2, 0.25) is 0 Å². The minimum atomic E-state index is 0.106. The quantitative estimate of drug-likeness (QED) is 0.388. The highest BCUT2D eigenvalue weighted by molar-refractivity contribution is 7.85. The molecule has 0 aliphatic carbocycles. The molecule has 1 N–H and O–H groups in total. The Morgan fingerprint density at radius 1 is 2.00 bits per heavy atom. The molecule has 4 nitrogen and oxygen atoms in total. The van der Waals surface area contributed by atoms with Crippen molar-refractivity contribution in [3.63, 3.8) is 0 Å². The number of thiocyanates is 1. The van der Waals surface area contributed by atoms with E-state index < -0.39 is 0 Å². The molecule has 0 radical (unpaired) electrons. The fourth-order valence-corrected chi connectivity index (χ4v) is 0.144. The van der Waals surface area contributed by atoms with Crippen LogP contribution in [-0.4, -0.2) is 15.2 Å². The summed E-state index contributed by atoms with van der Waals surface area (Å²) in [7, 11) is 0. The molecule has 0 unspecified atom stereocenters. The first-order valence-electron chi connectivity index (χ1n) is 2.16. The van der Waals surface area contributed by atoms with Gasteiger partial charge in [-0.3, -0.25) is 5.10 Å². The van der Waals surface area contributed by atoms with Crippen LogP contribution in [-0.2, 0) is 0 Å². The van der Waals surface area contributed by atoms with Gasteiger partial charge in [0.05, 0.1) is 0 Å². The Hall–Kier alpha value is -1.02. The fraction of sp³-hybridized carbons (Fsp3) is 0. The smallest absolute Gasteiger partial charge is 0.137 e. The maximum absolute atomic E-state index is 7.18. The van der Waals surface area contributed by atoms with Crippen LogP contribution in [0.25, 0.3) is 0 Å². The third kappa shape index (κ3) is 4.98. The Bertz CT molecular complexity index is 178. The zero-order valence-electron chi connectivity index (χ0n) is 4.87. The number of aromatic nitrogens is 3. The lowest BCUT2D eigenvalue weighted by molar-refractivity contribution is 1.09. The van der Waals surface area contributed by atoms with Crippen LogP contribution in [0.4, 0.5) is 0 Å². The second-order valence-corrected chi connectivity index (χ2v) is 0.897. The molecular weight excluding hydrogens is 124 g/mol. The van der Waals surface area contributed by atoms with E-state index in [0.717, 1.165) is 0 Å². The first kappa shape index (κ1) is 5.12. The van der Waals surface area contributed by atoms with E-state index in [0.29, 0.717) is 0 Å². The zero-order valence-corrected chi connectivity index (χ0v) is 4.76. The van der Waals surface area contributed by atoms with Gasteiger partial charge in [0.1, 0.15) is 19.4 Å². The summed E-state index contributed by atoms with van der Waals surface area (Å²) in [6.07, 6.45) is 1.40. The Labute approximate surface area is 53.4 Å². The van der Waals surface area contributed by atoms with E-state index in [-0.39, 0.29) is 6.30 Å². The van der Waals surface area contributed by atoms with Gasteiger partial charge in [-0.2, -0.15) is 10.4 Å². The van der Waals surface area contributed by atoms with Crippen molar-refractivity contribution in [1.29, 1.82) is 5.26 Å². The van der Waals surface area contributed by atoms with Crippen molar-refractivity contribution in [2.75, 3.05) is 0 Å². The van der Waals surface area contributed by atoms with Crippen molar-refractivity contribution in [3.05, 3.63) is 12.6 Å². The van der Waals surface area contributed by atoms with Crippen molar-refractivity contribution in [2.45, 2.75) is 0 Å². The normalized spacial score (nSPS) is 7.75. The molecule has 8 heavy (non-hydrogen) atoms. The van der Waals surface area contributed by atoms with Crippen LogP contribution in [0.3, 0.4) is 0 Å². The van der Waals surface area contributed by atoms with Crippen LogP contribution in [0.15, 0.2) is 12.6 Å². The van der Waals surface area contributed by atoms with Gasteiger partial charge in [-0.15, -0.1) is 0 Å². The molecule has 0 fully saturated rings. The van der Waals surface area contributed by atoms with Gasteiger partial charge in [0.25, 0.3) is 0 Å². The van der Waals surface area contributed by atoms with Crippen LogP contribution in [0.5, 0.6) is 0 Å². The standard InChI is InChI=1S/C2H3N3.CHNS/c1-3-2-5-4-1;2-1-3/h1-2H,(H,3,4,5);3H/i1D;. The molecule has 42 valence electrons. The number of rotatable bonds is 0. The first-order valence-corrected chi connectivity index (χ1v) is 2.11. The van der Waals surface area contributed by atoms with E-state index in [4.69, 9.17) is 6.63 Å². The van der Waals surface area contributed by atoms with E-state index in [1.165, 1.54) is 11.7 Å². The van der Waals surface area contributed by atoms with Gasteiger partial charge in [-0.25, -0.2) is 4.98 Å². The molecule has 0 spiro atoms. The van der Waals surface area contributed by atoms with Gasteiger partial charge in [-0.1, -0.05) is 12.6 Å². The van der Waals surface area contributed by atoms with Gasteiger partial charge in [0, 0.05) is 0 Å². The second-order valence-electron chi connectivity index (χ2n) is 0.697. The minimum Gasteiger partial charge on any atom is -0.266 e. The highest BCUT2D eigenvalue weighted by atomic mass is 32.1. The molecule has 0 bridgehead atoms. The lowest BCUT2D eigenvalue weighted by Gasteiger charge is -1.46. The average molecular weight is 129 g/mol. The number of hydrogen-bond acceptors (Lipinski definition) is 4. The number of nitrogens with zero attached hydrogens (tertiary/aromatic N) is 3. The van der Waals surface area contributed by atoms with E-state index in [1.54, 1.807) is 0 Å². The van der Waals surface area contributed by atoms with E-state index in [1.807, 2.05) is 0 Å². The number of nitriles is 1. The highest BCUT2D eigenvalue weighted by Gasteiger charge is 1.57. The number of nitrogens with one attached hydrogen (secondary N) is 1. The summed E-state index contributed by atoms with van der Waals surface area (Å²) in [5, 5.41) is 14.3. The molecule has 0 aliphatic heterocycles. The van der Waals surface area contributed by atoms with Gasteiger partial charge in [-0.05, 0) is 0 Å². The lowest BCUT2D eigenvalue weighted by Crippen LogP contribution is -1.53. The number of thiol groups is 1. The number of aromatic amines is 1. The predicted octanol–water partition coefficient (Wildman–Crippen LogP) is 0.202. The van der Waals surface area contributed by atoms with Gasteiger partial charge in [0.15, 0.2) is 0 Å². The SMILES string of the molecule is N#CS.[2H]c1ncn[nH]1. The molecule has 0 aliphatic rings. The van der Waals surface area contributed by atoms with Crippen LogP contribution in [0.1, 0.15) is 1.37 Å². The average Bonchev–Trinajstić information content (AvgIpc) is 2.20. The van der Waals surface area contributed by atoms with Crippen molar-refractivity contribution in [2.24, 2.45) is 0 Å². The van der Waals surface area contributed by atoms with E-state index in [9.17, 15) is 0 Å². The Balaban J connectivity index is 0.000000187. The molecule has 1 heterocycles. The maximum atomic E-state index is 7.18. The molecule has 0 aromatic carbocycles. The summed E-state index contributed by atoms with van der Waals surface area (Å²) in [6.45, 7) is 0. The van der Waals surface area contributed by atoms with Crippen molar-refractivity contribution >= 4 is 12.6 Å². The monoisotopic (exact) mass is 129 g/mol. The largest absolute Gasteiger partial charge is 0.266 e. The summed E-state index contributed by atoms with van der Waals surface area (Å²) < 4.78 is 6.65. The summed E-state index contributed by atoms with van der Waals surface area (Å²) in [4.78, 5) is 3.42. The van der Waals surface area contributed by atoms with E-state index in [2.05, 4.69) is 27.8 Å². The van der Waals surface area contributed by atoms with Crippen LogP contribution in [0, 0.1) is 10.7 Å². The topological polar surface area (TPSA) is 65.4 Å². The molecule has 5 heteroatoms. The zero-order chi connectivity index (χ0) is 7.11. The van der Waals surface area contributed by atoms with Crippen LogP contribution < -0.4 is 0 Å². The van der Waals surface area contributed by atoms with Gasteiger partial charge < -0.3 is 0 Å². The van der Waals surface area contributed by atoms with Crippen LogP contribution >= 0.6 is 12.6 Å². The number of H-pyrrole nitrogens is 1. The number of hydrogen-bond donors (Lipinski definition) is 2. The Morgan fingerprint density at radius 3 is 2.75 bits per heavy atom. The maximum Gasteiger partial charge on any atom is 0.137 e. The third-order valence-electron chi connectivity index (χ3n) is 0.295. The van der Waals surface area contributed by atoms with Crippen molar-refractivity contribution in [3.8, 4) is 5.40 Å². The summed E-state index contributed by atoms with van der Waals surface area (Å²) >= 11 is 3.09. The molecule has 0 saturated heterocycles. The molecule has 0 atom stereocenters. The van der Waals surface area contributed by atoms with E-state index >= 15 is 0 Å². The first-order chi connectivity index (χ1) is 4.31. The van der Waals surface area contributed by atoms with Gasteiger partial charge >= 0.3 is 0 Å². The molecular formula is C3H4N4S. The van der Waals surface area contributed by atoms with Crippen LogP contribution in [0.2, 0.25) is 0 Å². The summed E-state index contributed by atoms with van der Waals surface area (Å²) in [5.41, 5.74) is 0. The van der Waals surface area contributed by atoms with Crippen molar-refractivity contribution in [1.82, 2.24) is 15.2 Å². The summed E-state index contributed by atoms with van der Waals surface area (Å²) in [6, 6.07) is 0. The molecule has 1 rings (SSSR count). The highest BCUT2D eigenvalue weighted by Crippen LogP contribution is 1.53. The fourth-order valence-electron chi connectivity index (χ4n) is 0.144. The Kier molecular flexibility index (Phi) is 3.83. The molecule has 1 aromatic rings. The van der Waals surface area contributed by atoms with Crippen molar-refractivity contribution < 1.29 is 1.37 Å². The third-order valence-corrected chi connectivity index (χ3v) is 0.295. The lowest BCUT2D eigenvalue weighted by atomic mass is 11.3. The molecule has 0 saturated carbocycles.